The summed E-state index contributed by atoms with van der Waals surface area (Å²) in [6, 6.07) is 0.891. The summed E-state index contributed by atoms with van der Waals surface area (Å²) in [6.07, 6.45) is -5.94. The van der Waals surface area contributed by atoms with E-state index in [2.05, 4.69) is 13.8 Å². The number of aliphatic hydroxyl groups is 4. The molecular weight excluding hydrogens is 268 g/mol. The van der Waals surface area contributed by atoms with Crippen LogP contribution in [0.1, 0.15) is 13.8 Å². The van der Waals surface area contributed by atoms with Gasteiger partial charge in [-0.3, -0.25) is 0 Å². The lowest BCUT2D eigenvalue weighted by atomic mass is 10.00. The molecule has 4 N–H and O–H groups in total. The minimum absolute atomic E-state index is 0.434. The highest BCUT2D eigenvalue weighted by molar-refractivity contribution is 6.71. The van der Waals surface area contributed by atoms with Crippen LogP contribution in [0.3, 0.4) is 0 Å². The van der Waals surface area contributed by atoms with Crippen molar-refractivity contribution in [3.05, 3.63) is 0 Å². The van der Waals surface area contributed by atoms with Crippen molar-refractivity contribution in [2.24, 2.45) is 5.92 Å². The third-order valence-electron chi connectivity index (χ3n) is 3.18. The average molecular weight is 294 g/mol. The second kappa shape index (κ2) is 6.62. The summed E-state index contributed by atoms with van der Waals surface area (Å²) in [6.45, 7) is 7.76. The van der Waals surface area contributed by atoms with E-state index in [1.165, 1.54) is 0 Å². The molecule has 0 spiro atoms. The lowest BCUT2D eigenvalue weighted by Crippen LogP contribution is -2.61. The first-order chi connectivity index (χ1) is 8.68. The maximum Gasteiger partial charge on any atom is 0.190 e. The zero-order valence-corrected chi connectivity index (χ0v) is 13.0. The minimum atomic E-state index is -2.05. The first kappa shape index (κ1) is 17.0. The van der Waals surface area contributed by atoms with Crippen molar-refractivity contribution in [2.45, 2.75) is 63.7 Å². The van der Waals surface area contributed by atoms with Crippen LogP contribution in [0.2, 0.25) is 19.1 Å². The lowest BCUT2D eigenvalue weighted by molar-refractivity contribution is -0.280. The second-order valence-corrected chi connectivity index (χ2v) is 10.3. The lowest BCUT2D eigenvalue weighted by Gasteiger charge is -2.42. The van der Waals surface area contributed by atoms with E-state index in [-0.39, 0.29) is 0 Å². The Labute approximate surface area is 115 Å². The molecule has 6 nitrogen and oxygen atoms in total. The van der Waals surface area contributed by atoms with Crippen molar-refractivity contribution in [1.29, 1.82) is 0 Å². The van der Waals surface area contributed by atoms with Gasteiger partial charge >= 0.3 is 0 Å². The normalized spacial score (nSPS) is 36.8. The molecule has 0 aromatic rings. The van der Waals surface area contributed by atoms with Crippen LogP contribution in [0.4, 0.5) is 0 Å². The van der Waals surface area contributed by atoms with Crippen LogP contribution in [0, 0.1) is 5.92 Å². The molecule has 1 aliphatic heterocycles. The number of aliphatic hydroxyl groups excluding tert-OH is 4. The molecule has 114 valence electrons. The molecule has 0 unspecified atom stereocenters. The fourth-order valence-electron chi connectivity index (χ4n) is 2.51. The average Bonchev–Trinajstić information content (AvgIpc) is 2.28. The van der Waals surface area contributed by atoms with Gasteiger partial charge in [0, 0.05) is 0 Å². The Balaban J connectivity index is 2.71. The topological polar surface area (TPSA) is 99.4 Å². The number of rotatable bonds is 5. The fourth-order valence-corrected chi connectivity index (χ4v) is 5.40. The number of hydrogen-bond donors (Lipinski definition) is 4. The van der Waals surface area contributed by atoms with Crippen LogP contribution >= 0.6 is 0 Å². The molecule has 7 heteroatoms. The van der Waals surface area contributed by atoms with Crippen molar-refractivity contribution in [2.75, 3.05) is 6.61 Å². The van der Waals surface area contributed by atoms with Gasteiger partial charge in [0.1, 0.15) is 24.4 Å². The predicted octanol–water partition coefficient (Wildman–Crippen LogP) is -0.336. The summed E-state index contributed by atoms with van der Waals surface area (Å²) in [4.78, 5) is 0. The van der Waals surface area contributed by atoms with Crippen LogP contribution in [0.15, 0.2) is 0 Å². The number of hydrogen-bond acceptors (Lipinski definition) is 6. The second-order valence-electron chi connectivity index (χ2n) is 6.17. The molecule has 1 fully saturated rings. The molecule has 0 saturated carbocycles. The Morgan fingerprint density at radius 2 is 1.68 bits per heavy atom. The summed E-state index contributed by atoms with van der Waals surface area (Å²) in [5.74, 6) is 0.464. The van der Waals surface area contributed by atoms with Crippen molar-refractivity contribution in [3.63, 3.8) is 0 Å². The molecular formula is C12H26O6Si. The Bertz CT molecular complexity index is 283. The molecule has 1 aliphatic rings. The van der Waals surface area contributed by atoms with Crippen LogP contribution in [-0.2, 0) is 9.16 Å². The summed E-state index contributed by atoms with van der Waals surface area (Å²) < 4.78 is 11.2. The maximum atomic E-state index is 9.90. The first-order valence-electron chi connectivity index (χ1n) is 6.66. The Morgan fingerprint density at radius 3 is 2.16 bits per heavy atom. The fraction of sp³-hybridized carbons (Fsp3) is 1.00. The van der Waals surface area contributed by atoms with Gasteiger partial charge in [-0.25, -0.2) is 0 Å². The van der Waals surface area contributed by atoms with E-state index in [1.54, 1.807) is 0 Å². The predicted molar refractivity (Wildman–Crippen MR) is 72.0 cm³/mol. The quantitative estimate of drug-likeness (QED) is 0.518. The van der Waals surface area contributed by atoms with Gasteiger partial charge in [-0.2, -0.15) is 0 Å². The first-order valence-corrected chi connectivity index (χ1v) is 9.78. The van der Waals surface area contributed by atoms with Gasteiger partial charge in [0.15, 0.2) is 14.6 Å². The Kier molecular flexibility index (Phi) is 5.93. The molecule has 0 radical (unpaired) electrons. The van der Waals surface area contributed by atoms with E-state index < -0.39 is 45.6 Å². The molecule has 0 aromatic carbocycles. The van der Waals surface area contributed by atoms with Gasteiger partial charge in [-0.15, -0.1) is 0 Å². The summed E-state index contributed by atoms with van der Waals surface area (Å²) in [7, 11) is -2.05. The molecule has 0 bridgehead atoms. The van der Waals surface area contributed by atoms with E-state index in [0.29, 0.717) is 5.92 Å². The van der Waals surface area contributed by atoms with Gasteiger partial charge in [0.2, 0.25) is 0 Å². The van der Waals surface area contributed by atoms with E-state index in [0.717, 1.165) is 6.04 Å². The summed E-state index contributed by atoms with van der Waals surface area (Å²) >= 11 is 0. The van der Waals surface area contributed by atoms with E-state index in [1.807, 2.05) is 13.1 Å². The summed E-state index contributed by atoms with van der Waals surface area (Å²) in [5.41, 5.74) is 0. The van der Waals surface area contributed by atoms with Crippen molar-refractivity contribution >= 4 is 8.32 Å². The van der Waals surface area contributed by atoms with Crippen LogP contribution in [0.25, 0.3) is 0 Å². The van der Waals surface area contributed by atoms with E-state index in [4.69, 9.17) is 14.3 Å². The van der Waals surface area contributed by atoms with Crippen LogP contribution in [0.5, 0.6) is 0 Å². The molecule has 19 heavy (non-hydrogen) atoms. The zero-order chi connectivity index (χ0) is 14.8. The Hall–Kier alpha value is -0.0231. The van der Waals surface area contributed by atoms with Gasteiger partial charge in [0.05, 0.1) is 6.61 Å². The SMILES string of the molecule is CC(C)C[Si](C)(C)O[C@@H]1O[C@H](CO)[C@H](O)[C@H](O)[C@H]1O. The van der Waals surface area contributed by atoms with E-state index in [9.17, 15) is 15.3 Å². The highest BCUT2D eigenvalue weighted by Gasteiger charge is 2.45. The molecule has 0 amide bonds. The maximum absolute atomic E-state index is 9.90. The third-order valence-corrected chi connectivity index (χ3v) is 5.85. The van der Waals surface area contributed by atoms with Crippen molar-refractivity contribution in [1.82, 2.24) is 0 Å². The van der Waals surface area contributed by atoms with Crippen LogP contribution < -0.4 is 0 Å². The van der Waals surface area contributed by atoms with Gasteiger partial charge in [-0.1, -0.05) is 13.8 Å². The van der Waals surface area contributed by atoms with Gasteiger partial charge < -0.3 is 29.6 Å². The van der Waals surface area contributed by atoms with Gasteiger partial charge in [0.25, 0.3) is 0 Å². The third kappa shape index (κ3) is 4.49. The monoisotopic (exact) mass is 294 g/mol. The molecule has 1 saturated heterocycles. The standard InChI is InChI=1S/C12H26O6Si/c1-7(2)6-19(3,4)18-12-11(16)10(15)9(14)8(5-13)17-12/h7-16H,5-6H2,1-4H3/t8-,9+,10+,11-,12+/m1/s1. The van der Waals surface area contributed by atoms with E-state index >= 15 is 0 Å². The molecule has 0 aliphatic carbocycles. The van der Waals surface area contributed by atoms with Crippen molar-refractivity contribution < 1.29 is 29.6 Å². The zero-order valence-electron chi connectivity index (χ0n) is 12.0. The van der Waals surface area contributed by atoms with Gasteiger partial charge in [-0.05, 0) is 25.1 Å². The largest absolute Gasteiger partial charge is 0.394 e. The Morgan fingerprint density at radius 1 is 1.11 bits per heavy atom. The highest BCUT2D eigenvalue weighted by atomic mass is 28.4. The van der Waals surface area contributed by atoms with Crippen molar-refractivity contribution in [3.8, 4) is 0 Å². The smallest absolute Gasteiger partial charge is 0.190 e. The minimum Gasteiger partial charge on any atom is -0.394 e. The summed E-state index contributed by atoms with van der Waals surface area (Å²) in [5, 5.41) is 38.4. The molecule has 1 heterocycles. The molecule has 1 rings (SSSR count). The number of ether oxygens (including phenoxy) is 1. The molecule has 5 atom stereocenters. The molecule has 0 aromatic heterocycles. The van der Waals surface area contributed by atoms with Crippen LogP contribution in [-0.4, -0.2) is 66.1 Å². The highest BCUT2D eigenvalue weighted by Crippen LogP contribution is 2.27.